The lowest BCUT2D eigenvalue weighted by atomic mass is 10.2. The second-order valence-electron chi connectivity index (χ2n) is 7.27. The molecule has 1 fully saturated rings. The Morgan fingerprint density at radius 1 is 1.06 bits per heavy atom. The van der Waals surface area contributed by atoms with E-state index in [9.17, 15) is 22.8 Å². The Labute approximate surface area is 195 Å². The van der Waals surface area contributed by atoms with E-state index in [1.54, 1.807) is 24.3 Å². The molecule has 0 aliphatic carbocycles. The molecule has 4 rings (SSSR count). The molecule has 2 aromatic carbocycles. The normalized spacial score (nSPS) is 16.0. The van der Waals surface area contributed by atoms with Crippen molar-refractivity contribution in [3.05, 3.63) is 69.1 Å². The van der Waals surface area contributed by atoms with Gasteiger partial charge in [0, 0.05) is 22.9 Å². The van der Waals surface area contributed by atoms with Crippen LogP contribution >= 0.6 is 22.9 Å². The number of urea groups is 1. The summed E-state index contributed by atoms with van der Waals surface area (Å²) in [6.07, 6.45) is -3.23. The highest BCUT2D eigenvalue weighted by molar-refractivity contribution is 7.13. The number of amides is 3. The van der Waals surface area contributed by atoms with Crippen molar-refractivity contribution in [2.45, 2.75) is 25.1 Å². The fourth-order valence-corrected chi connectivity index (χ4v) is 4.52. The molecule has 12 heteroatoms. The molecule has 3 aromatic rings. The second kappa shape index (κ2) is 9.36. The van der Waals surface area contributed by atoms with Crippen LogP contribution in [0.2, 0.25) is 5.02 Å². The van der Waals surface area contributed by atoms with E-state index in [1.807, 2.05) is 0 Å². The first kappa shape index (κ1) is 23.0. The summed E-state index contributed by atoms with van der Waals surface area (Å²) in [4.78, 5) is 26.7. The van der Waals surface area contributed by atoms with E-state index in [0.717, 1.165) is 23.5 Å². The smallest absolute Gasteiger partial charge is 0.320 e. The number of nitrogens with zero attached hydrogens (tertiary/aromatic N) is 3. The average Bonchev–Trinajstić information content (AvgIpc) is 3.43. The molecule has 33 heavy (non-hydrogen) atoms. The third-order valence-electron chi connectivity index (χ3n) is 4.96. The number of anilines is 2. The monoisotopic (exact) mass is 495 g/mol. The molecule has 0 bridgehead atoms. The standard InChI is InChI=1S/C21H17ClF3N5O2S/c22-13-5-2-7-15(11-13)26-17(31)19-29-28-18(33-19)16-8-3-9-30(16)20(32)27-14-6-1-4-12(10-14)21(23,24)25/h1-2,4-7,10-11,16H,3,8-9H2,(H,26,31)(H,27,32)/t16-/m1/s1. The number of hydrogen-bond donors (Lipinski definition) is 2. The van der Waals surface area contributed by atoms with Crippen LogP contribution in [0.3, 0.4) is 0 Å². The minimum Gasteiger partial charge on any atom is -0.320 e. The minimum atomic E-state index is -4.51. The van der Waals surface area contributed by atoms with E-state index in [0.29, 0.717) is 35.1 Å². The van der Waals surface area contributed by atoms with Gasteiger partial charge in [-0.2, -0.15) is 13.2 Å². The van der Waals surface area contributed by atoms with Crippen LogP contribution in [0.15, 0.2) is 48.5 Å². The topological polar surface area (TPSA) is 87.2 Å². The molecule has 0 radical (unpaired) electrons. The van der Waals surface area contributed by atoms with Gasteiger partial charge in [-0.05, 0) is 49.2 Å². The van der Waals surface area contributed by atoms with Crippen LogP contribution < -0.4 is 10.6 Å². The Morgan fingerprint density at radius 2 is 1.79 bits per heavy atom. The number of halogens is 4. The number of hydrogen-bond acceptors (Lipinski definition) is 5. The molecule has 3 amide bonds. The van der Waals surface area contributed by atoms with Gasteiger partial charge < -0.3 is 15.5 Å². The third-order valence-corrected chi connectivity index (χ3v) is 6.22. The molecule has 172 valence electrons. The van der Waals surface area contributed by atoms with Crippen molar-refractivity contribution >= 4 is 46.3 Å². The first-order valence-corrected chi connectivity index (χ1v) is 11.1. The summed E-state index contributed by atoms with van der Waals surface area (Å²) in [5, 5.41) is 14.3. The lowest BCUT2D eigenvalue weighted by Crippen LogP contribution is -2.34. The zero-order chi connectivity index (χ0) is 23.6. The number of carbonyl (C=O) groups excluding carboxylic acids is 2. The molecule has 1 aliphatic heterocycles. The second-order valence-corrected chi connectivity index (χ2v) is 8.72. The number of benzene rings is 2. The van der Waals surface area contributed by atoms with E-state index in [-0.39, 0.29) is 10.7 Å². The number of rotatable bonds is 4. The highest BCUT2D eigenvalue weighted by atomic mass is 35.5. The van der Waals surface area contributed by atoms with Crippen LogP contribution in [0.1, 0.15) is 39.3 Å². The van der Waals surface area contributed by atoms with E-state index >= 15 is 0 Å². The Kier molecular flexibility index (Phi) is 6.52. The number of likely N-dealkylation sites (tertiary alicyclic amines) is 1. The Balaban J connectivity index is 1.45. The van der Waals surface area contributed by atoms with Gasteiger partial charge in [0.15, 0.2) is 0 Å². The number of alkyl halides is 3. The summed E-state index contributed by atoms with van der Waals surface area (Å²) in [6, 6.07) is 10.1. The van der Waals surface area contributed by atoms with E-state index in [4.69, 9.17) is 11.6 Å². The number of nitrogens with one attached hydrogen (secondary N) is 2. The van der Waals surface area contributed by atoms with Gasteiger partial charge in [0.2, 0.25) is 5.01 Å². The van der Waals surface area contributed by atoms with Gasteiger partial charge in [-0.25, -0.2) is 4.79 Å². The summed E-state index contributed by atoms with van der Waals surface area (Å²) >= 11 is 6.98. The van der Waals surface area contributed by atoms with Gasteiger partial charge in [0.25, 0.3) is 5.91 Å². The average molecular weight is 496 g/mol. The first-order valence-electron chi connectivity index (χ1n) is 9.86. The van der Waals surface area contributed by atoms with Gasteiger partial charge in [-0.1, -0.05) is 35.1 Å². The zero-order valence-electron chi connectivity index (χ0n) is 16.9. The van der Waals surface area contributed by atoms with Crippen LogP contribution in [0.4, 0.5) is 29.3 Å². The number of aromatic nitrogens is 2. The summed E-state index contributed by atoms with van der Waals surface area (Å²) < 4.78 is 38.8. The molecule has 0 unspecified atom stereocenters. The molecule has 1 saturated heterocycles. The molecule has 1 atom stereocenters. The molecule has 1 aliphatic rings. The maximum atomic E-state index is 12.9. The Morgan fingerprint density at radius 3 is 2.52 bits per heavy atom. The van der Waals surface area contributed by atoms with Crippen molar-refractivity contribution in [1.82, 2.24) is 15.1 Å². The van der Waals surface area contributed by atoms with Gasteiger partial charge in [0.1, 0.15) is 5.01 Å². The lowest BCUT2D eigenvalue weighted by Gasteiger charge is -2.23. The predicted octanol–water partition coefficient (Wildman–Crippen LogP) is 5.83. The highest BCUT2D eigenvalue weighted by Gasteiger charge is 2.34. The van der Waals surface area contributed by atoms with Crippen molar-refractivity contribution < 1.29 is 22.8 Å². The maximum absolute atomic E-state index is 12.9. The van der Waals surface area contributed by atoms with E-state index in [2.05, 4.69) is 20.8 Å². The summed E-state index contributed by atoms with van der Waals surface area (Å²) in [7, 11) is 0. The van der Waals surface area contributed by atoms with E-state index < -0.39 is 29.7 Å². The third kappa shape index (κ3) is 5.42. The molecule has 0 spiro atoms. The lowest BCUT2D eigenvalue weighted by molar-refractivity contribution is -0.137. The zero-order valence-corrected chi connectivity index (χ0v) is 18.5. The van der Waals surface area contributed by atoms with Gasteiger partial charge in [-0.15, -0.1) is 10.2 Å². The van der Waals surface area contributed by atoms with Crippen LogP contribution in [0, 0.1) is 0 Å². The van der Waals surface area contributed by atoms with E-state index in [1.165, 1.54) is 17.0 Å². The molecule has 1 aromatic heterocycles. The maximum Gasteiger partial charge on any atom is 0.416 e. The first-order chi connectivity index (χ1) is 15.7. The fourth-order valence-electron chi connectivity index (χ4n) is 3.45. The predicted molar refractivity (Wildman–Crippen MR) is 118 cm³/mol. The van der Waals surface area contributed by atoms with Crippen LogP contribution in [-0.2, 0) is 6.18 Å². The van der Waals surface area contributed by atoms with Crippen LogP contribution in [0.5, 0.6) is 0 Å². The van der Waals surface area contributed by atoms with Gasteiger partial charge in [-0.3, -0.25) is 4.79 Å². The van der Waals surface area contributed by atoms with Crippen LogP contribution in [-0.4, -0.2) is 33.6 Å². The highest BCUT2D eigenvalue weighted by Crippen LogP contribution is 2.35. The Bertz CT molecular complexity index is 1190. The summed E-state index contributed by atoms with van der Waals surface area (Å²) in [5.41, 5.74) is -0.302. The Hall–Kier alpha value is -3.18. The molecule has 7 nitrogen and oxygen atoms in total. The van der Waals surface area contributed by atoms with Crippen molar-refractivity contribution in [1.29, 1.82) is 0 Å². The SMILES string of the molecule is O=C(Nc1cccc(Cl)c1)c1nnc([C@H]2CCCN2C(=O)Nc2cccc(C(F)(F)F)c2)s1. The van der Waals surface area contributed by atoms with Gasteiger partial charge in [0.05, 0.1) is 11.6 Å². The molecular formula is C21H17ClF3N5O2S. The van der Waals surface area contributed by atoms with Crippen molar-refractivity contribution in [2.75, 3.05) is 17.2 Å². The summed E-state index contributed by atoms with van der Waals surface area (Å²) in [6.45, 7) is 0.402. The van der Waals surface area contributed by atoms with Gasteiger partial charge >= 0.3 is 12.2 Å². The molecule has 0 saturated carbocycles. The van der Waals surface area contributed by atoms with Crippen LogP contribution in [0.25, 0.3) is 0 Å². The molecule has 2 heterocycles. The quantitative estimate of drug-likeness (QED) is 0.476. The molecule has 2 N–H and O–H groups in total. The largest absolute Gasteiger partial charge is 0.416 e. The molecular weight excluding hydrogens is 479 g/mol. The fraction of sp³-hybridized carbons (Fsp3) is 0.238. The minimum absolute atomic E-state index is 0.0410. The number of carbonyl (C=O) groups is 2. The summed E-state index contributed by atoms with van der Waals surface area (Å²) in [5.74, 6) is -0.459. The van der Waals surface area contributed by atoms with Crippen molar-refractivity contribution in [3.63, 3.8) is 0 Å². The van der Waals surface area contributed by atoms with Crippen molar-refractivity contribution in [3.8, 4) is 0 Å². The van der Waals surface area contributed by atoms with Crippen molar-refractivity contribution in [2.24, 2.45) is 0 Å².